The van der Waals surface area contributed by atoms with Gasteiger partial charge in [-0.25, -0.2) is 4.79 Å². The number of benzene rings is 1. The van der Waals surface area contributed by atoms with Crippen LogP contribution >= 0.6 is 0 Å². The normalized spacial score (nSPS) is 12.3. The second kappa shape index (κ2) is 7.90. The largest absolute Gasteiger partial charge is 0.336 e. The van der Waals surface area contributed by atoms with E-state index in [2.05, 4.69) is 31.3 Å². The average molecular weight is 277 g/mol. The van der Waals surface area contributed by atoms with Crippen LogP contribution in [0.4, 0.5) is 4.79 Å². The first kappa shape index (κ1) is 16.5. The second-order valence-electron chi connectivity index (χ2n) is 5.29. The molecule has 0 fully saturated rings. The van der Waals surface area contributed by atoms with Gasteiger partial charge in [0.05, 0.1) is 0 Å². The maximum atomic E-state index is 11.8. The van der Waals surface area contributed by atoms with Crippen LogP contribution < -0.4 is 11.1 Å². The first-order chi connectivity index (χ1) is 9.49. The Morgan fingerprint density at radius 2 is 1.65 bits per heavy atom. The van der Waals surface area contributed by atoms with Crippen molar-refractivity contribution in [3.8, 4) is 0 Å². The molecule has 0 aromatic heterocycles. The molecule has 1 rings (SSSR count). The number of hydrogen-bond donors (Lipinski definition) is 2. The van der Waals surface area contributed by atoms with Gasteiger partial charge in [-0.15, -0.1) is 0 Å². The lowest BCUT2D eigenvalue weighted by Crippen LogP contribution is -2.42. The predicted octanol–water partition coefficient (Wildman–Crippen LogP) is 2.86. The Labute approximate surface area is 122 Å². The van der Waals surface area contributed by atoms with Crippen molar-refractivity contribution >= 4 is 6.03 Å². The van der Waals surface area contributed by atoms with Crippen LogP contribution in [0.1, 0.15) is 50.8 Å². The van der Waals surface area contributed by atoms with Gasteiger partial charge in [0.1, 0.15) is 0 Å². The summed E-state index contributed by atoms with van der Waals surface area (Å²) in [7, 11) is 0. The Kier molecular flexibility index (Phi) is 6.52. The molecule has 0 aliphatic heterocycles. The van der Waals surface area contributed by atoms with E-state index in [1.165, 1.54) is 5.56 Å². The number of nitrogens with one attached hydrogen (secondary N) is 1. The SMILES string of the molecule is CCN(CC)C(=O)NC[C@@H](N)c1ccc(C(C)C)cc1. The molecule has 4 nitrogen and oxygen atoms in total. The smallest absolute Gasteiger partial charge is 0.317 e. The molecule has 0 spiro atoms. The topological polar surface area (TPSA) is 58.4 Å². The molecule has 1 aromatic rings. The molecule has 0 heterocycles. The van der Waals surface area contributed by atoms with E-state index in [0.717, 1.165) is 5.56 Å². The highest BCUT2D eigenvalue weighted by Crippen LogP contribution is 2.17. The van der Waals surface area contributed by atoms with Gasteiger partial charge in [0.15, 0.2) is 0 Å². The van der Waals surface area contributed by atoms with Gasteiger partial charge < -0.3 is 16.0 Å². The summed E-state index contributed by atoms with van der Waals surface area (Å²) in [5.41, 5.74) is 8.47. The van der Waals surface area contributed by atoms with E-state index in [9.17, 15) is 4.79 Å². The lowest BCUT2D eigenvalue weighted by molar-refractivity contribution is 0.202. The zero-order chi connectivity index (χ0) is 15.1. The summed E-state index contributed by atoms with van der Waals surface area (Å²) >= 11 is 0. The van der Waals surface area contributed by atoms with Crippen LogP contribution in [-0.2, 0) is 0 Å². The first-order valence-corrected chi connectivity index (χ1v) is 7.37. The van der Waals surface area contributed by atoms with Gasteiger partial charge in [-0.3, -0.25) is 0 Å². The molecule has 0 unspecified atom stereocenters. The number of nitrogens with zero attached hydrogens (tertiary/aromatic N) is 1. The third-order valence-electron chi connectivity index (χ3n) is 3.56. The van der Waals surface area contributed by atoms with Crippen LogP contribution in [0.2, 0.25) is 0 Å². The molecule has 0 aliphatic rings. The van der Waals surface area contributed by atoms with E-state index in [1.54, 1.807) is 4.90 Å². The van der Waals surface area contributed by atoms with Crippen LogP contribution in [0, 0.1) is 0 Å². The van der Waals surface area contributed by atoms with Gasteiger partial charge >= 0.3 is 6.03 Å². The fraction of sp³-hybridized carbons (Fsp3) is 0.562. The zero-order valence-corrected chi connectivity index (χ0v) is 13.0. The van der Waals surface area contributed by atoms with Crippen LogP contribution in [0.15, 0.2) is 24.3 Å². The summed E-state index contributed by atoms with van der Waals surface area (Å²) in [4.78, 5) is 13.6. The number of hydrogen-bond acceptors (Lipinski definition) is 2. The molecule has 1 aromatic carbocycles. The molecule has 2 amide bonds. The fourth-order valence-corrected chi connectivity index (χ4v) is 2.07. The van der Waals surface area contributed by atoms with Crippen molar-refractivity contribution in [2.24, 2.45) is 5.73 Å². The molecular formula is C16H27N3O. The van der Waals surface area contributed by atoms with E-state index in [0.29, 0.717) is 25.6 Å². The number of nitrogens with two attached hydrogens (primary N) is 1. The summed E-state index contributed by atoms with van der Waals surface area (Å²) in [6, 6.07) is 8.07. The Morgan fingerprint density at radius 3 is 2.10 bits per heavy atom. The molecule has 0 saturated carbocycles. The summed E-state index contributed by atoms with van der Waals surface area (Å²) in [6.45, 7) is 10.1. The molecule has 20 heavy (non-hydrogen) atoms. The highest BCUT2D eigenvalue weighted by Gasteiger charge is 2.12. The lowest BCUT2D eigenvalue weighted by atomic mass is 9.99. The molecule has 0 saturated heterocycles. The average Bonchev–Trinajstić information content (AvgIpc) is 2.46. The lowest BCUT2D eigenvalue weighted by Gasteiger charge is -2.21. The third kappa shape index (κ3) is 4.53. The van der Waals surface area contributed by atoms with E-state index in [1.807, 2.05) is 26.0 Å². The number of amides is 2. The zero-order valence-electron chi connectivity index (χ0n) is 13.0. The van der Waals surface area contributed by atoms with Crippen LogP contribution in [0.25, 0.3) is 0 Å². The van der Waals surface area contributed by atoms with E-state index in [4.69, 9.17) is 5.73 Å². The summed E-state index contributed by atoms with van der Waals surface area (Å²) in [6.07, 6.45) is 0. The second-order valence-corrected chi connectivity index (χ2v) is 5.29. The van der Waals surface area contributed by atoms with Crippen LogP contribution in [0.5, 0.6) is 0 Å². The van der Waals surface area contributed by atoms with Crippen molar-refractivity contribution in [2.45, 2.75) is 39.7 Å². The fourth-order valence-electron chi connectivity index (χ4n) is 2.07. The van der Waals surface area contributed by atoms with E-state index < -0.39 is 0 Å². The number of carbonyl (C=O) groups is 1. The Balaban J connectivity index is 2.54. The van der Waals surface area contributed by atoms with Crippen LogP contribution in [0.3, 0.4) is 0 Å². The molecule has 4 heteroatoms. The van der Waals surface area contributed by atoms with Crippen molar-refractivity contribution < 1.29 is 4.79 Å². The van der Waals surface area contributed by atoms with Crippen molar-refractivity contribution in [1.29, 1.82) is 0 Å². The van der Waals surface area contributed by atoms with Gasteiger partial charge in [0, 0.05) is 25.7 Å². The van der Waals surface area contributed by atoms with Crippen molar-refractivity contribution in [1.82, 2.24) is 10.2 Å². The van der Waals surface area contributed by atoms with E-state index in [-0.39, 0.29) is 12.1 Å². The van der Waals surface area contributed by atoms with Gasteiger partial charge in [0.25, 0.3) is 0 Å². The standard InChI is InChI=1S/C16H27N3O/c1-5-19(6-2)16(20)18-11-15(17)14-9-7-13(8-10-14)12(3)4/h7-10,12,15H,5-6,11,17H2,1-4H3,(H,18,20)/t15-/m1/s1. The Morgan fingerprint density at radius 1 is 1.15 bits per heavy atom. The molecule has 0 radical (unpaired) electrons. The minimum Gasteiger partial charge on any atom is -0.336 e. The van der Waals surface area contributed by atoms with Crippen molar-refractivity contribution in [2.75, 3.05) is 19.6 Å². The molecule has 112 valence electrons. The summed E-state index contributed by atoms with van der Waals surface area (Å²) in [5.74, 6) is 0.516. The number of urea groups is 1. The highest BCUT2D eigenvalue weighted by atomic mass is 16.2. The van der Waals surface area contributed by atoms with Gasteiger partial charge in [-0.1, -0.05) is 38.1 Å². The Bertz CT molecular complexity index is 410. The molecule has 0 bridgehead atoms. The molecule has 0 aliphatic carbocycles. The summed E-state index contributed by atoms with van der Waals surface area (Å²) < 4.78 is 0. The number of carbonyl (C=O) groups excluding carboxylic acids is 1. The minimum absolute atomic E-state index is 0.0516. The Hall–Kier alpha value is -1.55. The maximum absolute atomic E-state index is 11.8. The van der Waals surface area contributed by atoms with Crippen molar-refractivity contribution in [3.63, 3.8) is 0 Å². The first-order valence-electron chi connectivity index (χ1n) is 7.37. The monoisotopic (exact) mass is 277 g/mol. The van der Waals surface area contributed by atoms with Gasteiger partial charge in [-0.2, -0.15) is 0 Å². The highest BCUT2D eigenvalue weighted by molar-refractivity contribution is 5.74. The van der Waals surface area contributed by atoms with E-state index >= 15 is 0 Å². The quantitative estimate of drug-likeness (QED) is 0.840. The van der Waals surface area contributed by atoms with Crippen molar-refractivity contribution in [3.05, 3.63) is 35.4 Å². The summed E-state index contributed by atoms with van der Waals surface area (Å²) in [5, 5.41) is 2.88. The van der Waals surface area contributed by atoms with Gasteiger partial charge in [0.2, 0.25) is 0 Å². The predicted molar refractivity (Wildman–Crippen MR) is 83.8 cm³/mol. The van der Waals surface area contributed by atoms with Gasteiger partial charge in [-0.05, 0) is 30.9 Å². The number of rotatable bonds is 6. The molecule has 3 N–H and O–H groups in total. The molecule has 1 atom stereocenters. The molecular weight excluding hydrogens is 250 g/mol. The maximum Gasteiger partial charge on any atom is 0.317 e. The third-order valence-corrected chi connectivity index (χ3v) is 3.56. The minimum atomic E-state index is -0.171. The van der Waals surface area contributed by atoms with Crippen LogP contribution in [-0.4, -0.2) is 30.6 Å².